The number of hydrogen-bond acceptors (Lipinski definition) is 1. The zero-order chi connectivity index (χ0) is 8.69. The standard InChI is InChI=1S/C8H8O.CH3B/c1-7(9)8-5-3-2-4-6-8;1-2/h2-6H,1H3;1H3. The maximum Gasteiger partial charge on any atom is 0.159 e. The maximum atomic E-state index is 10.6. The normalized spacial score (nSPS) is 7.82. The Morgan fingerprint density at radius 3 is 1.91 bits per heavy atom. The lowest BCUT2D eigenvalue weighted by Crippen LogP contribution is -1.88. The number of rotatable bonds is 1. The van der Waals surface area contributed by atoms with E-state index in [2.05, 4.69) is 7.85 Å². The first-order valence-electron chi connectivity index (χ1n) is 3.44. The van der Waals surface area contributed by atoms with Crippen LogP contribution in [0.5, 0.6) is 0 Å². The Balaban J connectivity index is 0.000000461. The van der Waals surface area contributed by atoms with Gasteiger partial charge >= 0.3 is 0 Å². The molecule has 0 aliphatic rings. The molecule has 1 rings (SSSR count). The van der Waals surface area contributed by atoms with E-state index in [0.717, 1.165) is 5.56 Å². The Morgan fingerprint density at radius 2 is 1.64 bits per heavy atom. The molecule has 0 spiro atoms. The smallest absolute Gasteiger partial charge is 0.159 e. The Bertz CT molecular complexity index is 206. The van der Waals surface area contributed by atoms with Crippen molar-refractivity contribution < 1.29 is 4.79 Å². The van der Waals surface area contributed by atoms with Crippen molar-refractivity contribution in [2.24, 2.45) is 0 Å². The van der Waals surface area contributed by atoms with Gasteiger partial charge in [0.05, 0.1) is 7.85 Å². The van der Waals surface area contributed by atoms with Crippen molar-refractivity contribution in [2.45, 2.75) is 13.7 Å². The van der Waals surface area contributed by atoms with Crippen LogP contribution in [0.2, 0.25) is 6.82 Å². The van der Waals surface area contributed by atoms with E-state index in [-0.39, 0.29) is 5.78 Å². The number of carbonyl (C=O) groups excluding carboxylic acids is 1. The van der Waals surface area contributed by atoms with Crippen LogP contribution < -0.4 is 0 Å². The van der Waals surface area contributed by atoms with Crippen LogP contribution >= 0.6 is 0 Å². The molecule has 0 heterocycles. The molecule has 1 aromatic rings. The van der Waals surface area contributed by atoms with Gasteiger partial charge < -0.3 is 0 Å². The Morgan fingerprint density at radius 1 is 1.18 bits per heavy atom. The maximum absolute atomic E-state index is 10.6. The van der Waals surface area contributed by atoms with E-state index in [4.69, 9.17) is 0 Å². The first-order valence-corrected chi connectivity index (χ1v) is 3.44. The van der Waals surface area contributed by atoms with Crippen LogP contribution in [-0.4, -0.2) is 13.6 Å². The highest BCUT2D eigenvalue weighted by Gasteiger charge is 1.92. The van der Waals surface area contributed by atoms with E-state index < -0.39 is 0 Å². The van der Waals surface area contributed by atoms with Crippen LogP contribution in [0.15, 0.2) is 30.3 Å². The third-order valence-electron chi connectivity index (χ3n) is 1.18. The van der Waals surface area contributed by atoms with E-state index in [1.807, 2.05) is 30.3 Å². The van der Waals surface area contributed by atoms with Crippen LogP contribution in [0.3, 0.4) is 0 Å². The summed E-state index contributed by atoms with van der Waals surface area (Å²) in [6.45, 7) is 3.06. The second-order valence-corrected chi connectivity index (χ2v) is 1.92. The van der Waals surface area contributed by atoms with Gasteiger partial charge in [0.25, 0.3) is 0 Å². The van der Waals surface area contributed by atoms with E-state index in [1.165, 1.54) is 6.82 Å². The molecule has 0 saturated carbocycles. The zero-order valence-corrected chi connectivity index (χ0v) is 6.87. The summed E-state index contributed by atoms with van der Waals surface area (Å²) >= 11 is 0. The summed E-state index contributed by atoms with van der Waals surface area (Å²) < 4.78 is 0. The van der Waals surface area contributed by atoms with Crippen molar-refractivity contribution in [3.8, 4) is 0 Å². The molecular weight excluding hydrogens is 135 g/mol. The summed E-state index contributed by atoms with van der Waals surface area (Å²) in [5, 5.41) is 0. The van der Waals surface area contributed by atoms with Gasteiger partial charge in [0.1, 0.15) is 0 Å². The number of benzene rings is 1. The minimum atomic E-state index is 0.121. The molecular formula is C9H11BO. The third kappa shape index (κ3) is 3.61. The molecule has 56 valence electrons. The van der Waals surface area contributed by atoms with Crippen LogP contribution in [0, 0.1) is 0 Å². The molecule has 1 nitrogen and oxygen atoms in total. The van der Waals surface area contributed by atoms with E-state index in [9.17, 15) is 4.79 Å². The van der Waals surface area contributed by atoms with Crippen molar-refractivity contribution >= 4 is 13.6 Å². The third-order valence-corrected chi connectivity index (χ3v) is 1.18. The largest absolute Gasteiger partial charge is 0.295 e. The van der Waals surface area contributed by atoms with Gasteiger partial charge in [-0.2, -0.15) is 0 Å². The zero-order valence-electron chi connectivity index (χ0n) is 6.87. The van der Waals surface area contributed by atoms with E-state index in [0.29, 0.717) is 0 Å². The van der Waals surface area contributed by atoms with Gasteiger partial charge in [0, 0.05) is 5.56 Å². The minimum Gasteiger partial charge on any atom is -0.295 e. The van der Waals surface area contributed by atoms with Gasteiger partial charge in [0.15, 0.2) is 5.78 Å². The predicted molar refractivity (Wildman–Crippen MR) is 48.1 cm³/mol. The fourth-order valence-corrected chi connectivity index (χ4v) is 0.673. The van der Waals surface area contributed by atoms with Crippen LogP contribution in [0.4, 0.5) is 0 Å². The first kappa shape index (κ1) is 9.95. The van der Waals surface area contributed by atoms with Gasteiger partial charge in [0.2, 0.25) is 0 Å². The molecule has 11 heavy (non-hydrogen) atoms. The Labute approximate surface area is 68.8 Å². The van der Waals surface area contributed by atoms with Gasteiger partial charge in [-0.15, -0.1) is 0 Å². The van der Waals surface area contributed by atoms with Crippen LogP contribution in [-0.2, 0) is 0 Å². The average Bonchev–Trinajstić information content (AvgIpc) is 2.10. The van der Waals surface area contributed by atoms with Crippen molar-refractivity contribution in [1.29, 1.82) is 0 Å². The summed E-state index contributed by atoms with van der Waals surface area (Å²) in [7, 11) is 4.50. The lowest BCUT2D eigenvalue weighted by Gasteiger charge is -1.89. The average molecular weight is 146 g/mol. The topological polar surface area (TPSA) is 17.1 Å². The van der Waals surface area contributed by atoms with E-state index in [1.54, 1.807) is 6.92 Å². The van der Waals surface area contributed by atoms with Gasteiger partial charge in [-0.25, -0.2) is 0 Å². The molecule has 0 aliphatic heterocycles. The van der Waals surface area contributed by atoms with Crippen LogP contribution in [0.1, 0.15) is 17.3 Å². The summed E-state index contributed by atoms with van der Waals surface area (Å²) in [6.07, 6.45) is 0. The van der Waals surface area contributed by atoms with Gasteiger partial charge in [-0.1, -0.05) is 37.2 Å². The monoisotopic (exact) mass is 146 g/mol. The summed E-state index contributed by atoms with van der Waals surface area (Å²) in [5.41, 5.74) is 0.775. The number of ketones is 1. The second kappa shape index (κ2) is 5.72. The highest BCUT2D eigenvalue weighted by molar-refractivity contribution is 6.05. The van der Waals surface area contributed by atoms with Crippen molar-refractivity contribution in [3.05, 3.63) is 35.9 Å². The predicted octanol–water partition coefficient (Wildman–Crippen LogP) is 2.09. The molecule has 0 unspecified atom stereocenters. The molecule has 2 radical (unpaired) electrons. The molecule has 1 aromatic carbocycles. The minimum absolute atomic E-state index is 0.121. The quantitative estimate of drug-likeness (QED) is 0.437. The SMILES string of the molecule is CC(=O)c1ccccc1.[B]C. The van der Waals surface area contributed by atoms with Gasteiger partial charge in [-0.05, 0) is 6.92 Å². The molecule has 0 fully saturated rings. The van der Waals surface area contributed by atoms with Crippen molar-refractivity contribution in [1.82, 2.24) is 0 Å². The van der Waals surface area contributed by atoms with Crippen LogP contribution in [0.25, 0.3) is 0 Å². The second-order valence-electron chi connectivity index (χ2n) is 1.92. The molecule has 2 heteroatoms. The molecule has 0 aliphatic carbocycles. The molecule has 0 amide bonds. The summed E-state index contributed by atoms with van der Waals surface area (Å²) in [6, 6.07) is 9.23. The van der Waals surface area contributed by atoms with Crippen molar-refractivity contribution in [2.75, 3.05) is 0 Å². The Kier molecular flexibility index (Phi) is 5.17. The Hall–Kier alpha value is -1.05. The first-order chi connectivity index (χ1) is 5.30. The highest BCUT2D eigenvalue weighted by atomic mass is 16.1. The summed E-state index contributed by atoms with van der Waals surface area (Å²) in [5.74, 6) is 0.121. The fourth-order valence-electron chi connectivity index (χ4n) is 0.673. The highest BCUT2D eigenvalue weighted by Crippen LogP contribution is 1.97. The molecule has 0 aromatic heterocycles. The molecule has 0 bridgehead atoms. The lowest BCUT2D eigenvalue weighted by atomic mass is 10.2. The molecule has 0 saturated heterocycles. The fraction of sp³-hybridized carbons (Fsp3) is 0.222. The van der Waals surface area contributed by atoms with Crippen molar-refractivity contribution in [3.63, 3.8) is 0 Å². The summed E-state index contributed by atoms with van der Waals surface area (Å²) in [4.78, 5) is 10.6. The van der Waals surface area contributed by atoms with Gasteiger partial charge in [-0.3, -0.25) is 4.79 Å². The molecule has 0 N–H and O–H groups in total. The number of Topliss-reactive ketones (excluding diaryl/α,β-unsaturated/α-hetero) is 1. The lowest BCUT2D eigenvalue weighted by molar-refractivity contribution is 0.101. The number of hydrogen-bond donors (Lipinski definition) is 0. The number of carbonyl (C=O) groups is 1. The molecule has 0 atom stereocenters. The van der Waals surface area contributed by atoms with E-state index >= 15 is 0 Å².